The first-order chi connectivity index (χ1) is 25.4. The lowest BCUT2D eigenvalue weighted by Crippen LogP contribution is -2.10. The summed E-state index contributed by atoms with van der Waals surface area (Å²) in [6, 6.07) is 25.6. The van der Waals surface area contributed by atoms with E-state index in [2.05, 4.69) is 23.4 Å². The highest BCUT2D eigenvalue weighted by Gasteiger charge is 2.14. The van der Waals surface area contributed by atoms with Gasteiger partial charge in [0.05, 0.1) is 37.8 Å². The zero-order chi connectivity index (χ0) is 37.0. The number of carbonyl (C=O) groups excluding carboxylic acids is 3. The minimum absolute atomic E-state index is 0.188. The predicted octanol–water partition coefficient (Wildman–Crippen LogP) is 7.25. The first-order valence-corrected chi connectivity index (χ1v) is 16.3. The van der Waals surface area contributed by atoms with E-state index in [1.807, 2.05) is 6.92 Å². The number of hydrogen-bond acceptors (Lipinski definition) is 12. The summed E-state index contributed by atoms with van der Waals surface area (Å²) in [5.74, 6) is 0.630. The van der Waals surface area contributed by atoms with Gasteiger partial charge in [-0.05, 0) is 115 Å². The van der Waals surface area contributed by atoms with Crippen LogP contribution in [-0.2, 0) is 25.8 Å². The molecule has 0 aromatic heterocycles. The van der Waals surface area contributed by atoms with Gasteiger partial charge in [0.1, 0.15) is 18.1 Å². The Hall–Kier alpha value is -6.53. The molecule has 0 N–H and O–H groups in total. The van der Waals surface area contributed by atoms with Crippen LogP contribution in [0.15, 0.2) is 127 Å². The fraction of sp³-hybridized carbons (Fsp3) is 0.175. The van der Waals surface area contributed by atoms with E-state index in [1.54, 1.807) is 103 Å². The Labute approximate surface area is 301 Å². The Morgan fingerprint density at radius 1 is 0.654 bits per heavy atom. The molecular weight excluding hydrogens is 668 g/mol. The van der Waals surface area contributed by atoms with E-state index < -0.39 is 17.9 Å². The molecule has 0 aliphatic heterocycles. The summed E-state index contributed by atoms with van der Waals surface area (Å²) in [6.07, 6.45) is 6.72. The molecule has 4 aromatic carbocycles. The van der Waals surface area contributed by atoms with Gasteiger partial charge in [-0.3, -0.25) is 0 Å². The van der Waals surface area contributed by atoms with Crippen molar-refractivity contribution in [2.24, 2.45) is 10.2 Å². The number of benzene rings is 4. The van der Waals surface area contributed by atoms with Crippen molar-refractivity contribution in [1.82, 2.24) is 0 Å². The second kappa shape index (κ2) is 20.9. The zero-order valence-corrected chi connectivity index (χ0v) is 28.6. The molecule has 0 unspecified atom stereocenters. The molecule has 0 amide bonds. The summed E-state index contributed by atoms with van der Waals surface area (Å²) in [7, 11) is 0. The van der Waals surface area contributed by atoms with E-state index in [4.69, 9.17) is 33.5 Å². The number of rotatable bonds is 20. The Bertz CT molecular complexity index is 1850. The molecule has 52 heavy (non-hydrogen) atoms. The Morgan fingerprint density at radius 3 is 1.98 bits per heavy atom. The van der Waals surface area contributed by atoms with Crippen molar-refractivity contribution in [3.8, 4) is 28.7 Å². The van der Waals surface area contributed by atoms with Crippen molar-refractivity contribution in [2.45, 2.75) is 26.4 Å². The number of nitrogens with zero attached hydrogens (tertiary/aromatic N) is 2. The van der Waals surface area contributed by atoms with Gasteiger partial charge in [-0.25, -0.2) is 14.4 Å². The van der Waals surface area contributed by atoms with Crippen molar-refractivity contribution < 1.29 is 47.8 Å². The van der Waals surface area contributed by atoms with Crippen LogP contribution in [0.2, 0.25) is 0 Å². The van der Waals surface area contributed by atoms with E-state index in [1.165, 1.54) is 0 Å². The molecule has 0 spiro atoms. The fourth-order valence-electron chi connectivity index (χ4n) is 4.22. The third-order valence-electron chi connectivity index (χ3n) is 6.83. The van der Waals surface area contributed by atoms with Gasteiger partial charge in [-0.15, -0.1) is 0 Å². The van der Waals surface area contributed by atoms with Crippen molar-refractivity contribution >= 4 is 30.3 Å². The van der Waals surface area contributed by atoms with Crippen molar-refractivity contribution in [3.63, 3.8) is 0 Å². The van der Waals surface area contributed by atoms with E-state index in [0.29, 0.717) is 66.8 Å². The molecule has 0 heterocycles. The summed E-state index contributed by atoms with van der Waals surface area (Å²) in [5, 5.41) is 8.23. The quantitative estimate of drug-likeness (QED) is 0.0176. The second-order valence-corrected chi connectivity index (χ2v) is 10.7. The molecule has 268 valence electrons. The minimum Gasteiger partial charge on any atom is -0.494 e. The van der Waals surface area contributed by atoms with E-state index >= 15 is 0 Å². The van der Waals surface area contributed by atoms with Crippen molar-refractivity contribution in [1.29, 1.82) is 0 Å². The van der Waals surface area contributed by atoms with Gasteiger partial charge in [0, 0.05) is 12.2 Å². The predicted molar refractivity (Wildman–Crippen MR) is 194 cm³/mol. The van der Waals surface area contributed by atoms with Crippen LogP contribution in [0.1, 0.15) is 46.8 Å². The molecule has 0 saturated carbocycles. The van der Waals surface area contributed by atoms with Crippen LogP contribution in [0, 0.1) is 0 Å². The van der Waals surface area contributed by atoms with Crippen molar-refractivity contribution in [2.75, 3.05) is 19.8 Å². The topological polar surface area (TPSA) is 141 Å². The number of unbranched alkanes of at least 4 members (excludes halogenated alkanes) is 1. The molecule has 0 fully saturated rings. The number of hydrogen-bond donors (Lipinski definition) is 0. The molecule has 0 bridgehead atoms. The van der Waals surface area contributed by atoms with Gasteiger partial charge < -0.3 is 28.6 Å². The van der Waals surface area contributed by atoms with Gasteiger partial charge in [0.2, 0.25) is 0 Å². The average molecular weight is 707 g/mol. The summed E-state index contributed by atoms with van der Waals surface area (Å²) < 4.78 is 27.0. The molecule has 4 rings (SSSR count). The molecule has 0 radical (unpaired) electrons. The molecule has 4 aromatic rings. The van der Waals surface area contributed by atoms with E-state index in [0.717, 1.165) is 23.3 Å². The smallest absolute Gasteiger partial charge is 0.343 e. The Kier molecular flexibility index (Phi) is 15.4. The van der Waals surface area contributed by atoms with Gasteiger partial charge in [0.25, 0.3) is 0 Å². The highest BCUT2D eigenvalue weighted by Crippen LogP contribution is 2.29. The molecular formula is C40H38N2O10. The third-order valence-corrected chi connectivity index (χ3v) is 6.83. The fourth-order valence-corrected chi connectivity index (χ4v) is 4.22. The molecule has 0 saturated heterocycles. The molecule has 12 heteroatoms. The van der Waals surface area contributed by atoms with Gasteiger partial charge in [-0.1, -0.05) is 25.3 Å². The number of esters is 3. The van der Waals surface area contributed by atoms with Crippen molar-refractivity contribution in [3.05, 3.63) is 139 Å². The summed E-state index contributed by atoms with van der Waals surface area (Å²) in [4.78, 5) is 45.9. The van der Waals surface area contributed by atoms with Crippen LogP contribution in [0.3, 0.4) is 0 Å². The Balaban J connectivity index is 1.22. The standard InChI is InChI=1S/C40H38N2O10/c1-4-38(43)48-24-8-7-23-47-33-20-14-32(15-21-33)40(45)51-36-22-13-31(25-37(36)46-6-3)27-42-41-26-29-9-18-35(19-10-29)52-49-28-30-11-16-34(17-12-30)50-39(44)5-2/h4-5,9-22,25-27H,1-2,6-8,23-24,28H2,3H3/b41-26+,42-27+. The van der Waals surface area contributed by atoms with E-state index in [-0.39, 0.29) is 12.4 Å². The van der Waals surface area contributed by atoms with Crippen LogP contribution in [0.25, 0.3) is 0 Å². The van der Waals surface area contributed by atoms with Crippen LogP contribution < -0.4 is 23.8 Å². The Morgan fingerprint density at radius 2 is 1.29 bits per heavy atom. The van der Waals surface area contributed by atoms with Gasteiger partial charge in [-0.2, -0.15) is 15.1 Å². The van der Waals surface area contributed by atoms with Crippen LogP contribution in [0.5, 0.6) is 28.7 Å². The monoisotopic (exact) mass is 706 g/mol. The molecule has 12 nitrogen and oxygen atoms in total. The second-order valence-electron chi connectivity index (χ2n) is 10.7. The van der Waals surface area contributed by atoms with E-state index in [9.17, 15) is 14.4 Å². The van der Waals surface area contributed by atoms with Crippen LogP contribution in [0.4, 0.5) is 0 Å². The number of carbonyl (C=O) groups is 3. The molecule has 0 aliphatic carbocycles. The lowest BCUT2D eigenvalue weighted by molar-refractivity contribution is -0.217. The lowest BCUT2D eigenvalue weighted by atomic mass is 10.2. The van der Waals surface area contributed by atoms with Gasteiger partial charge >= 0.3 is 17.9 Å². The lowest BCUT2D eigenvalue weighted by Gasteiger charge is -2.12. The maximum atomic E-state index is 12.9. The summed E-state index contributed by atoms with van der Waals surface area (Å²) >= 11 is 0. The maximum Gasteiger partial charge on any atom is 0.343 e. The van der Waals surface area contributed by atoms with Gasteiger partial charge in [0.15, 0.2) is 17.2 Å². The molecule has 0 atom stereocenters. The summed E-state index contributed by atoms with van der Waals surface area (Å²) in [5.41, 5.74) is 2.65. The minimum atomic E-state index is -0.550. The highest BCUT2D eigenvalue weighted by molar-refractivity contribution is 5.92. The normalized spacial score (nSPS) is 10.8. The summed E-state index contributed by atoms with van der Waals surface area (Å²) in [6.45, 7) is 9.83. The third kappa shape index (κ3) is 13.1. The SMILES string of the molecule is C=CC(=O)OCCCCOc1ccc(C(=O)Oc2ccc(/C=N/N=C/c3ccc(OOCc4ccc(OC(=O)C=C)cc4)cc3)cc2OCC)cc1. The largest absolute Gasteiger partial charge is 0.494 e. The maximum absolute atomic E-state index is 12.9. The highest BCUT2D eigenvalue weighted by atomic mass is 17.2. The van der Waals surface area contributed by atoms with Crippen LogP contribution in [-0.4, -0.2) is 50.2 Å². The first kappa shape index (κ1) is 38.3. The first-order valence-electron chi connectivity index (χ1n) is 16.3. The molecule has 0 aliphatic rings. The number of ether oxygens (including phenoxy) is 5. The van der Waals surface area contributed by atoms with Crippen LogP contribution >= 0.6 is 0 Å². The zero-order valence-electron chi connectivity index (χ0n) is 28.6. The average Bonchev–Trinajstić information content (AvgIpc) is 3.17.